The third-order valence-corrected chi connectivity index (χ3v) is 4.82. The van der Waals surface area contributed by atoms with Crippen molar-refractivity contribution in [1.82, 2.24) is 9.78 Å². The summed E-state index contributed by atoms with van der Waals surface area (Å²) >= 11 is 12.1. The van der Waals surface area contributed by atoms with Crippen molar-refractivity contribution in [3.05, 3.63) is 64.1 Å². The molecular weight excluding hydrogens is 341 g/mol. The summed E-state index contributed by atoms with van der Waals surface area (Å²) in [5, 5.41) is 9.91. The van der Waals surface area contributed by atoms with Gasteiger partial charge in [-0.15, -0.1) is 0 Å². The molecule has 122 valence electrons. The highest BCUT2D eigenvalue weighted by Crippen LogP contribution is 2.34. The Morgan fingerprint density at radius 2 is 1.54 bits per heavy atom. The SMILES string of the molecule is Clc1ccc(-c2nn(-c3ccc(Cl)cc3)c3c2CCCCN3)cc1. The highest BCUT2D eigenvalue weighted by Gasteiger charge is 2.21. The Morgan fingerprint density at radius 3 is 2.25 bits per heavy atom. The Hall–Kier alpha value is -1.97. The van der Waals surface area contributed by atoms with Crippen LogP contribution >= 0.6 is 23.2 Å². The van der Waals surface area contributed by atoms with Crippen molar-refractivity contribution >= 4 is 29.0 Å². The average molecular weight is 358 g/mol. The molecule has 3 nitrogen and oxygen atoms in total. The van der Waals surface area contributed by atoms with Crippen molar-refractivity contribution in [1.29, 1.82) is 0 Å². The fraction of sp³-hybridized carbons (Fsp3) is 0.211. The molecule has 4 rings (SSSR count). The van der Waals surface area contributed by atoms with E-state index in [9.17, 15) is 0 Å². The fourth-order valence-corrected chi connectivity index (χ4v) is 3.36. The van der Waals surface area contributed by atoms with Gasteiger partial charge in [0.2, 0.25) is 0 Å². The van der Waals surface area contributed by atoms with Crippen molar-refractivity contribution in [2.24, 2.45) is 0 Å². The maximum Gasteiger partial charge on any atom is 0.133 e. The third-order valence-electron chi connectivity index (χ3n) is 4.32. The molecule has 0 aliphatic carbocycles. The van der Waals surface area contributed by atoms with E-state index in [1.54, 1.807) is 0 Å². The summed E-state index contributed by atoms with van der Waals surface area (Å²) in [5.74, 6) is 1.08. The number of anilines is 1. The molecule has 0 atom stereocenters. The summed E-state index contributed by atoms with van der Waals surface area (Å²) < 4.78 is 1.99. The smallest absolute Gasteiger partial charge is 0.133 e. The van der Waals surface area contributed by atoms with Crippen LogP contribution in [0.2, 0.25) is 10.0 Å². The molecule has 0 fully saturated rings. The van der Waals surface area contributed by atoms with Gasteiger partial charge in [-0.05, 0) is 55.7 Å². The van der Waals surface area contributed by atoms with E-state index < -0.39 is 0 Å². The van der Waals surface area contributed by atoms with Crippen molar-refractivity contribution in [3.8, 4) is 16.9 Å². The van der Waals surface area contributed by atoms with Crippen LogP contribution in [0.3, 0.4) is 0 Å². The molecule has 1 aliphatic heterocycles. The molecule has 0 spiro atoms. The molecular formula is C19H17Cl2N3. The normalized spacial score (nSPS) is 13.9. The van der Waals surface area contributed by atoms with Crippen LogP contribution in [0.15, 0.2) is 48.5 Å². The quantitative estimate of drug-likeness (QED) is 0.647. The lowest BCUT2D eigenvalue weighted by atomic mass is 10.0. The average Bonchev–Trinajstić information content (AvgIpc) is 2.78. The van der Waals surface area contributed by atoms with Crippen molar-refractivity contribution < 1.29 is 0 Å². The summed E-state index contributed by atoms with van der Waals surface area (Å²) in [4.78, 5) is 0. The summed E-state index contributed by atoms with van der Waals surface area (Å²) in [6.07, 6.45) is 3.34. The predicted molar refractivity (Wildman–Crippen MR) is 100 cm³/mol. The number of rotatable bonds is 2. The predicted octanol–water partition coefficient (Wildman–Crippen LogP) is 5.59. The molecule has 0 amide bonds. The Labute approximate surface area is 151 Å². The van der Waals surface area contributed by atoms with Crippen LogP contribution in [0, 0.1) is 0 Å². The van der Waals surface area contributed by atoms with E-state index in [2.05, 4.69) is 5.32 Å². The topological polar surface area (TPSA) is 29.9 Å². The maximum atomic E-state index is 6.03. The molecule has 3 aromatic rings. The summed E-state index contributed by atoms with van der Waals surface area (Å²) in [6, 6.07) is 15.7. The lowest BCUT2D eigenvalue weighted by molar-refractivity contribution is 0.780. The molecule has 0 unspecified atom stereocenters. The Morgan fingerprint density at radius 1 is 0.875 bits per heavy atom. The number of nitrogens with zero attached hydrogens (tertiary/aromatic N) is 2. The van der Waals surface area contributed by atoms with Gasteiger partial charge in [-0.25, -0.2) is 4.68 Å². The van der Waals surface area contributed by atoms with Gasteiger partial charge in [0.15, 0.2) is 0 Å². The van der Waals surface area contributed by atoms with Gasteiger partial charge in [0.25, 0.3) is 0 Å². The molecule has 0 saturated carbocycles. The lowest BCUT2D eigenvalue weighted by Crippen LogP contribution is -2.07. The molecule has 5 heteroatoms. The van der Waals surface area contributed by atoms with Crippen molar-refractivity contribution in [2.45, 2.75) is 19.3 Å². The van der Waals surface area contributed by atoms with Crippen molar-refractivity contribution in [2.75, 3.05) is 11.9 Å². The number of fused-ring (bicyclic) bond motifs is 1. The van der Waals surface area contributed by atoms with Crippen LogP contribution in [-0.2, 0) is 6.42 Å². The van der Waals surface area contributed by atoms with Crippen LogP contribution in [0.5, 0.6) is 0 Å². The first-order valence-electron chi connectivity index (χ1n) is 8.10. The van der Waals surface area contributed by atoms with Gasteiger partial charge < -0.3 is 5.32 Å². The monoisotopic (exact) mass is 357 g/mol. The fourth-order valence-electron chi connectivity index (χ4n) is 3.11. The number of hydrogen-bond acceptors (Lipinski definition) is 2. The second-order valence-corrected chi connectivity index (χ2v) is 6.83. The van der Waals surface area contributed by atoms with Gasteiger partial charge in [0.05, 0.1) is 11.4 Å². The number of benzene rings is 2. The molecule has 2 aromatic carbocycles. The number of hydrogen-bond donors (Lipinski definition) is 1. The van der Waals surface area contributed by atoms with Gasteiger partial charge in [-0.2, -0.15) is 5.10 Å². The number of nitrogens with one attached hydrogen (secondary N) is 1. The van der Waals surface area contributed by atoms with Gasteiger partial charge in [0, 0.05) is 27.7 Å². The van der Waals surface area contributed by atoms with E-state index in [0.29, 0.717) is 0 Å². The minimum absolute atomic E-state index is 0.725. The highest BCUT2D eigenvalue weighted by atomic mass is 35.5. The van der Waals surface area contributed by atoms with Crippen LogP contribution in [0.4, 0.5) is 5.82 Å². The summed E-state index contributed by atoms with van der Waals surface area (Å²) in [7, 11) is 0. The van der Waals surface area contributed by atoms with E-state index in [0.717, 1.165) is 58.6 Å². The highest BCUT2D eigenvalue weighted by molar-refractivity contribution is 6.30. The standard InChI is InChI=1S/C19H17Cl2N3/c20-14-6-4-13(5-7-14)18-17-3-1-2-12-22-19(17)24(23-18)16-10-8-15(21)9-11-16/h4-11,22H,1-3,12H2. The zero-order valence-electron chi connectivity index (χ0n) is 13.1. The molecule has 0 radical (unpaired) electrons. The molecule has 24 heavy (non-hydrogen) atoms. The minimum atomic E-state index is 0.725. The lowest BCUT2D eigenvalue weighted by Gasteiger charge is -2.09. The van der Waals surface area contributed by atoms with Gasteiger partial charge in [0.1, 0.15) is 5.82 Å². The van der Waals surface area contributed by atoms with Gasteiger partial charge in [-0.1, -0.05) is 35.3 Å². The van der Waals surface area contributed by atoms with E-state index in [1.165, 1.54) is 5.56 Å². The van der Waals surface area contributed by atoms with Crippen LogP contribution in [-0.4, -0.2) is 16.3 Å². The van der Waals surface area contributed by atoms with E-state index in [4.69, 9.17) is 28.3 Å². The first-order chi connectivity index (χ1) is 11.7. The van der Waals surface area contributed by atoms with Crippen LogP contribution < -0.4 is 5.32 Å². The second-order valence-electron chi connectivity index (χ2n) is 5.95. The molecule has 1 N–H and O–H groups in total. The Bertz CT molecular complexity index is 782. The maximum absolute atomic E-state index is 6.03. The van der Waals surface area contributed by atoms with Crippen molar-refractivity contribution in [3.63, 3.8) is 0 Å². The number of aromatic nitrogens is 2. The van der Waals surface area contributed by atoms with Crippen LogP contribution in [0.25, 0.3) is 16.9 Å². The van der Waals surface area contributed by atoms with Gasteiger partial charge >= 0.3 is 0 Å². The Balaban J connectivity index is 1.88. The van der Waals surface area contributed by atoms with E-state index >= 15 is 0 Å². The third kappa shape index (κ3) is 2.90. The molecule has 1 aliphatic rings. The van der Waals surface area contributed by atoms with Crippen LogP contribution in [0.1, 0.15) is 18.4 Å². The van der Waals surface area contributed by atoms with E-state index in [1.807, 2.05) is 53.2 Å². The zero-order valence-corrected chi connectivity index (χ0v) is 14.6. The zero-order chi connectivity index (χ0) is 16.5. The minimum Gasteiger partial charge on any atom is -0.370 e. The van der Waals surface area contributed by atoms with Gasteiger partial charge in [-0.3, -0.25) is 0 Å². The van der Waals surface area contributed by atoms with E-state index in [-0.39, 0.29) is 0 Å². The number of halogens is 2. The Kier molecular flexibility index (Phi) is 4.21. The summed E-state index contributed by atoms with van der Waals surface area (Å²) in [5.41, 5.74) is 4.38. The second kappa shape index (κ2) is 6.50. The largest absolute Gasteiger partial charge is 0.370 e. The first-order valence-corrected chi connectivity index (χ1v) is 8.85. The molecule has 2 heterocycles. The first kappa shape index (κ1) is 15.6. The summed E-state index contributed by atoms with van der Waals surface area (Å²) in [6.45, 7) is 0.965. The molecule has 0 bridgehead atoms. The molecule has 0 saturated heterocycles. The molecule has 1 aromatic heterocycles.